The summed E-state index contributed by atoms with van der Waals surface area (Å²) in [6.45, 7) is 0. The summed E-state index contributed by atoms with van der Waals surface area (Å²) in [5.74, 6) is -0.758. The number of sulfonamides is 1. The average Bonchev–Trinajstić information content (AvgIpc) is 2.54. The molecule has 0 fully saturated rings. The van der Waals surface area contributed by atoms with Gasteiger partial charge in [0.2, 0.25) is 10.0 Å². The van der Waals surface area contributed by atoms with E-state index in [1.165, 1.54) is 37.4 Å². The summed E-state index contributed by atoms with van der Waals surface area (Å²) in [5.41, 5.74) is -1.12. The molecule has 2 aromatic carbocycles. The predicted molar refractivity (Wildman–Crippen MR) is 94.1 cm³/mol. The molecule has 0 bridgehead atoms. The Morgan fingerprint density at radius 2 is 1.77 bits per heavy atom. The molecular formula is C16H14ClF3N2O3S. The molecule has 0 spiro atoms. The minimum absolute atomic E-state index is 0.0102. The number of amides is 1. The van der Waals surface area contributed by atoms with Gasteiger partial charge in [-0.2, -0.15) is 13.2 Å². The summed E-state index contributed by atoms with van der Waals surface area (Å²) in [5, 5.41) is 1.83. The SMILES string of the molecule is CN(c1ccccc1C(=O)Nc1ccc(Cl)c(C(F)(F)F)c1)S(C)(=O)=O. The number of nitrogens with one attached hydrogen (secondary N) is 1. The fourth-order valence-electron chi connectivity index (χ4n) is 2.14. The molecule has 0 heterocycles. The van der Waals surface area contributed by atoms with Crippen molar-refractivity contribution in [2.45, 2.75) is 6.18 Å². The lowest BCUT2D eigenvalue weighted by Crippen LogP contribution is -2.27. The largest absolute Gasteiger partial charge is 0.417 e. The minimum Gasteiger partial charge on any atom is -0.322 e. The Kier molecular flexibility index (Phi) is 5.52. The van der Waals surface area contributed by atoms with Crippen LogP contribution in [0.5, 0.6) is 0 Å². The lowest BCUT2D eigenvalue weighted by Gasteiger charge is -2.20. The Bertz CT molecular complexity index is 946. The van der Waals surface area contributed by atoms with Gasteiger partial charge in [-0.3, -0.25) is 9.10 Å². The molecule has 26 heavy (non-hydrogen) atoms. The second-order valence-corrected chi connectivity index (χ2v) is 7.82. The molecule has 0 aliphatic rings. The fourth-order valence-corrected chi connectivity index (χ4v) is 2.88. The maximum Gasteiger partial charge on any atom is 0.417 e. The predicted octanol–water partition coefficient (Wildman–Crippen LogP) is 4.01. The Morgan fingerprint density at radius 3 is 2.35 bits per heavy atom. The Balaban J connectivity index is 2.38. The van der Waals surface area contributed by atoms with Crippen molar-refractivity contribution in [3.05, 3.63) is 58.6 Å². The number of anilines is 2. The molecule has 5 nitrogen and oxygen atoms in total. The number of carbonyl (C=O) groups excluding carboxylic acids is 1. The van der Waals surface area contributed by atoms with E-state index < -0.39 is 32.7 Å². The Labute approximate surface area is 153 Å². The van der Waals surface area contributed by atoms with Crippen LogP contribution in [0.25, 0.3) is 0 Å². The number of hydrogen-bond donors (Lipinski definition) is 1. The summed E-state index contributed by atoms with van der Waals surface area (Å²) in [7, 11) is -2.36. The van der Waals surface area contributed by atoms with E-state index in [0.29, 0.717) is 6.07 Å². The van der Waals surface area contributed by atoms with Gasteiger partial charge in [-0.15, -0.1) is 0 Å². The number of rotatable bonds is 4. The van der Waals surface area contributed by atoms with E-state index in [1.54, 1.807) is 0 Å². The van der Waals surface area contributed by atoms with Gasteiger partial charge in [-0.25, -0.2) is 8.42 Å². The van der Waals surface area contributed by atoms with Gasteiger partial charge in [0.05, 0.1) is 28.1 Å². The van der Waals surface area contributed by atoms with Crippen molar-refractivity contribution in [2.24, 2.45) is 0 Å². The van der Waals surface area contributed by atoms with Crippen LogP contribution in [0.1, 0.15) is 15.9 Å². The molecule has 0 aliphatic heterocycles. The molecule has 0 saturated carbocycles. The van der Waals surface area contributed by atoms with Crippen molar-refractivity contribution < 1.29 is 26.4 Å². The van der Waals surface area contributed by atoms with Gasteiger partial charge in [0.1, 0.15) is 0 Å². The van der Waals surface area contributed by atoms with Gasteiger partial charge in [0.25, 0.3) is 5.91 Å². The average molecular weight is 407 g/mol. The van der Waals surface area contributed by atoms with E-state index in [9.17, 15) is 26.4 Å². The normalized spacial score (nSPS) is 11.9. The molecule has 0 atom stereocenters. The van der Waals surface area contributed by atoms with Crippen LogP contribution in [0.15, 0.2) is 42.5 Å². The van der Waals surface area contributed by atoms with Gasteiger partial charge in [0.15, 0.2) is 0 Å². The number of para-hydroxylation sites is 1. The molecular weight excluding hydrogens is 393 g/mol. The zero-order chi connectivity index (χ0) is 19.7. The fraction of sp³-hybridized carbons (Fsp3) is 0.188. The minimum atomic E-state index is -4.67. The van der Waals surface area contributed by atoms with E-state index in [-0.39, 0.29) is 16.9 Å². The van der Waals surface area contributed by atoms with Crippen molar-refractivity contribution in [1.29, 1.82) is 0 Å². The highest BCUT2D eigenvalue weighted by Gasteiger charge is 2.33. The lowest BCUT2D eigenvalue weighted by atomic mass is 10.1. The molecule has 0 aliphatic carbocycles. The van der Waals surface area contributed by atoms with Crippen LogP contribution in [-0.2, 0) is 16.2 Å². The summed E-state index contributed by atoms with van der Waals surface area (Å²) in [6, 6.07) is 8.79. The highest BCUT2D eigenvalue weighted by atomic mass is 35.5. The summed E-state index contributed by atoms with van der Waals surface area (Å²) in [6.07, 6.45) is -3.71. The first-order valence-electron chi connectivity index (χ1n) is 7.12. The highest BCUT2D eigenvalue weighted by Crippen LogP contribution is 2.36. The zero-order valence-corrected chi connectivity index (χ0v) is 15.2. The first-order chi connectivity index (χ1) is 11.9. The first-order valence-corrected chi connectivity index (χ1v) is 9.35. The van der Waals surface area contributed by atoms with E-state index in [0.717, 1.165) is 16.6 Å². The Hall–Kier alpha value is -2.26. The number of carbonyl (C=O) groups is 1. The van der Waals surface area contributed by atoms with Crippen molar-refractivity contribution in [3.8, 4) is 0 Å². The molecule has 2 rings (SSSR count). The highest BCUT2D eigenvalue weighted by molar-refractivity contribution is 7.92. The topological polar surface area (TPSA) is 66.5 Å². The second-order valence-electron chi connectivity index (χ2n) is 5.39. The third-order valence-electron chi connectivity index (χ3n) is 3.52. The molecule has 0 saturated heterocycles. The van der Waals surface area contributed by atoms with Crippen LogP contribution >= 0.6 is 11.6 Å². The third-order valence-corrected chi connectivity index (χ3v) is 5.04. The van der Waals surface area contributed by atoms with Crippen molar-refractivity contribution in [1.82, 2.24) is 0 Å². The molecule has 0 radical (unpaired) electrons. The van der Waals surface area contributed by atoms with Crippen LogP contribution in [0.2, 0.25) is 5.02 Å². The molecule has 0 unspecified atom stereocenters. The molecule has 1 N–H and O–H groups in total. The standard InChI is InChI=1S/C16H14ClF3N2O3S/c1-22(26(2,24)25)14-6-4-3-5-11(14)15(23)21-10-7-8-13(17)12(9-10)16(18,19)20/h3-9H,1-2H3,(H,21,23). The Morgan fingerprint density at radius 1 is 1.15 bits per heavy atom. The smallest absolute Gasteiger partial charge is 0.322 e. The lowest BCUT2D eigenvalue weighted by molar-refractivity contribution is -0.137. The molecule has 2 aromatic rings. The van der Waals surface area contributed by atoms with Gasteiger partial charge >= 0.3 is 6.18 Å². The van der Waals surface area contributed by atoms with Crippen LogP contribution < -0.4 is 9.62 Å². The summed E-state index contributed by atoms with van der Waals surface area (Å²) in [4.78, 5) is 12.5. The molecule has 0 aromatic heterocycles. The second kappa shape index (κ2) is 7.16. The van der Waals surface area contributed by atoms with Crippen LogP contribution in [0.3, 0.4) is 0 Å². The number of alkyl halides is 3. The van der Waals surface area contributed by atoms with E-state index >= 15 is 0 Å². The third kappa shape index (κ3) is 4.47. The monoisotopic (exact) mass is 406 g/mol. The van der Waals surface area contributed by atoms with Gasteiger partial charge in [-0.1, -0.05) is 23.7 Å². The maximum absolute atomic E-state index is 12.9. The van der Waals surface area contributed by atoms with Crippen molar-refractivity contribution in [2.75, 3.05) is 22.9 Å². The van der Waals surface area contributed by atoms with E-state index in [1.807, 2.05) is 0 Å². The zero-order valence-electron chi connectivity index (χ0n) is 13.6. The van der Waals surface area contributed by atoms with Crippen molar-refractivity contribution >= 4 is 38.9 Å². The number of benzene rings is 2. The number of hydrogen-bond acceptors (Lipinski definition) is 3. The van der Waals surface area contributed by atoms with Crippen LogP contribution in [0, 0.1) is 0 Å². The van der Waals surface area contributed by atoms with Gasteiger partial charge in [-0.05, 0) is 30.3 Å². The van der Waals surface area contributed by atoms with Crippen LogP contribution in [-0.4, -0.2) is 27.6 Å². The first kappa shape index (κ1) is 20.1. The molecule has 140 valence electrons. The summed E-state index contributed by atoms with van der Waals surface area (Å²) < 4.78 is 63.1. The summed E-state index contributed by atoms with van der Waals surface area (Å²) >= 11 is 5.55. The van der Waals surface area contributed by atoms with E-state index in [4.69, 9.17) is 11.6 Å². The number of nitrogens with zero attached hydrogens (tertiary/aromatic N) is 1. The van der Waals surface area contributed by atoms with Crippen LogP contribution in [0.4, 0.5) is 24.5 Å². The molecule has 1 amide bonds. The quantitative estimate of drug-likeness (QED) is 0.834. The van der Waals surface area contributed by atoms with Gasteiger partial charge < -0.3 is 5.32 Å². The molecule has 10 heteroatoms. The maximum atomic E-state index is 12.9. The van der Waals surface area contributed by atoms with Crippen molar-refractivity contribution in [3.63, 3.8) is 0 Å². The van der Waals surface area contributed by atoms with E-state index in [2.05, 4.69) is 5.32 Å². The number of halogens is 4. The van der Waals surface area contributed by atoms with Gasteiger partial charge in [0, 0.05) is 12.7 Å².